The molecule has 2 aromatic heterocycles. The number of ketones is 1. The molecule has 7 nitrogen and oxygen atoms in total. The van der Waals surface area contributed by atoms with Gasteiger partial charge >= 0.3 is 0 Å². The zero-order valence-corrected chi connectivity index (χ0v) is 13.5. The van der Waals surface area contributed by atoms with Gasteiger partial charge in [-0.15, -0.1) is 0 Å². The molecule has 118 valence electrons. The van der Waals surface area contributed by atoms with Crippen molar-refractivity contribution in [2.45, 2.75) is 39.5 Å². The minimum atomic E-state index is -0.142. The quantitative estimate of drug-likeness (QED) is 0.458. The molecule has 0 spiro atoms. The Morgan fingerprint density at radius 1 is 1.27 bits per heavy atom. The highest BCUT2D eigenvalue weighted by Gasteiger charge is 2.15. The lowest BCUT2D eigenvalue weighted by Gasteiger charge is -2.09. The van der Waals surface area contributed by atoms with Gasteiger partial charge in [0.05, 0.1) is 6.61 Å². The molecule has 2 aromatic rings. The minimum absolute atomic E-state index is 0.0695. The van der Waals surface area contributed by atoms with Crippen molar-refractivity contribution in [2.75, 3.05) is 12.3 Å². The van der Waals surface area contributed by atoms with Crippen LogP contribution in [-0.4, -0.2) is 32.3 Å². The zero-order valence-electron chi connectivity index (χ0n) is 12.7. The first-order chi connectivity index (χ1) is 10.6. The zero-order chi connectivity index (χ0) is 16.1. The fraction of sp³-hybridized carbons (Fsp3) is 0.500. The number of H-pyrrole nitrogens is 1. The van der Waals surface area contributed by atoms with Crippen LogP contribution in [0, 0.1) is 4.64 Å². The molecule has 0 saturated carbocycles. The normalized spacial score (nSPS) is 10.8. The first kappa shape index (κ1) is 16.3. The summed E-state index contributed by atoms with van der Waals surface area (Å²) in [4.78, 5) is 27.2. The number of hydrogen-bond acceptors (Lipinski definition) is 7. The molecule has 0 aliphatic rings. The Hall–Kier alpha value is -2.09. The number of unbranched alkanes of at least 4 members (excludes halogenated alkanes) is 2. The SMILES string of the molecule is CCCCCOc1nc(N)nc2[nH]c(=S)c(C(=O)CC)nc12. The van der Waals surface area contributed by atoms with Crippen molar-refractivity contribution in [3.8, 4) is 5.88 Å². The Morgan fingerprint density at radius 3 is 2.73 bits per heavy atom. The summed E-state index contributed by atoms with van der Waals surface area (Å²) < 4.78 is 5.90. The van der Waals surface area contributed by atoms with Crippen molar-refractivity contribution >= 4 is 35.1 Å². The van der Waals surface area contributed by atoms with Crippen molar-refractivity contribution in [1.82, 2.24) is 19.9 Å². The van der Waals surface area contributed by atoms with E-state index < -0.39 is 0 Å². The number of carbonyl (C=O) groups excluding carboxylic acids is 1. The molecule has 0 aliphatic heterocycles. The molecule has 22 heavy (non-hydrogen) atoms. The van der Waals surface area contributed by atoms with Gasteiger partial charge in [-0.25, -0.2) is 4.98 Å². The van der Waals surface area contributed by atoms with E-state index in [9.17, 15) is 4.79 Å². The second-order valence-electron chi connectivity index (χ2n) is 4.83. The van der Waals surface area contributed by atoms with E-state index in [-0.39, 0.29) is 27.9 Å². The Balaban J connectivity index is 2.45. The molecule has 2 rings (SSSR count). The molecule has 0 radical (unpaired) electrons. The highest BCUT2D eigenvalue weighted by molar-refractivity contribution is 7.71. The fourth-order valence-corrected chi connectivity index (χ4v) is 2.20. The highest BCUT2D eigenvalue weighted by atomic mass is 32.1. The maximum Gasteiger partial charge on any atom is 0.247 e. The van der Waals surface area contributed by atoms with Gasteiger partial charge in [0, 0.05) is 6.42 Å². The lowest BCUT2D eigenvalue weighted by Crippen LogP contribution is -2.09. The molecule has 0 atom stereocenters. The van der Waals surface area contributed by atoms with Crippen LogP contribution in [-0.2, 0) is 0 Å². The summed E-state index contributed by atoms with van der Waals surface area (Å²) >= 11 is 5.15. The van der Waals surface area contributed by atoms with Crippen LogP contribution in [0.2, 0.25) is 0 Å². The smallest absolute Gasteiger partial charge is 0.247 e. The number of hydrogen-bond donors (Lipinski definition) is 2. The number of aromatic nitrogens is 4. The molecule has 0 aromatic carbocycles. The lowest BCUT2D eigenvalue weighted by atomic mass is 10.2. The van der Waals surface area contributed by atoms with E-state index in [2.05, 4.69) is 26.9 Å². The fourth-order valence-electron chi connectivity index (χ4n) is 1.95. The third kappa shape index (κ3) is 3.56. The molecule has 0 saturated heterocycles. The number of ether oxygens (including phenoxy) is 1. The average molecular weight is 321 g/mol. The van der Waals surface area contributed by atoms with Gasteiger partial charge in [-0.1, -0.05) is 38.9 Å². The van der Waals surface area contributed by atoms with Crippen LogP contribution < -0.4 is 10.5 Å². The van der Waals surface area contributed by atoms with Gasteiger partial charge in [-0.05, 0) is 6.42 Å². The summed E-state index contributed by atoms with van der Waals surface area (Å²) in [5.74, 6) is 0.201. The van der Waals surface area contributed by atoms with Gasteiger partial charge in [-0.2, -0.15) is 9.97 Å². The number of nitrogens with two attached hydrogens (primary N) is 1. The third-order valence-electron chi connectivity index (χ3n) is 3.11. The standard InChI is InChI=1S/C14H19N5O2S/c1-3-5-6-7-21-12-10-11(18-14(15)19-12)17-13(22)9(16-10)8(20)4-2/h3-7H2,1-2H3,(H3,15,17,18,19,22). The topological polar surface area (TPSA) is 107 Å². The van der Waals surface area contributed by atoms with Gasteiger partial charge in [0.15, 0.2) is 16.9 Å². The van der Waals surface area contributed by atoms with Gasteiger partial charge in [0.2, 0.25) is 11.8 Å². The Labute approximate surface area is 133 Å². The molecule has 3 N–H and O–H groups in total. The van der Waals surface area contributed by atoms with E-state index in [0.29, 0.717) is 24.2 Å². The third-order valence-corrected chi connectivity index (χ3v) is 3.41. The summed E-state index contributed by atoms with van der Waals surface area (Å²) in [5.41, 5.74) is 6.63. The number of Topliss-reactive ketones (excluding diaryl/α,β-unsaturated/α-hetero) is 1. The van der Waals surface area contributed by atoms with Gasteiger partial charge in [0.1, 0.15) is 10.3 Å². The van der Waals surface area contributed by atoms with Crippen molar-refractivity contribution in [3.05, 3.63) is 10.3 Å². The summed E-state index contributed by atoms with van der Waals surface area (Å²) in [5, 5.41) is 0. The van der Waals surface area contributed by atoms with Crippen molar-refractivity contribution in [2.24, 2.45) is 0 Å². The lowest BCUT2D eigenvalue weighted by molar-refractivity contribution is 0.0983. The van der Waals surface area contributed by atoms with Crippen LogP contribution in [0.1, 0.15) is 50.0 Å². The molecule has 0 bridgehead atoms. The number of nitrogen functional groups attached to an aromatic ring is 1. The second-order valence-corrected chi connectivity index (χ2v) is 5.24. The molecule has 8 heteroatoms. The summed E-state index contributed by atoms with van der Waals surface area (Å²) in [7, 11) is 0. The van der Waals surface area contributed by atoms with E-state index >= 15 is 0 Å². The van der Waals surface area contributed by atoms with E-state index in [1.807, 2.05) is 0 Å². The van der Waals surface area contributed by atoms with Crippen LogP contribution >= 0.6 is 12.2 Å². The number of rotatable bonds is 7. The van der Waals surface area contributed by atoms with Crippen LogP contribution in [0.4, 0.5) is 5.95 Å². The molecule has 0 aliphatic carbocycles. The van der Waals surface area contributed by atoms with Gasteiger partial charge < -0.3 is 15.5 Å². The van der Waals surface area contributed by atoms with E-state index in [1.54, 1.807) is 6.92 Å². The maximum absolute atomic E-state index is 11.9. The van der Waals surface area contributed by atoms with Crippen LogP contribution in [0.3, 0.4) is 0 Å². The van der Waals surface area contributed by atoms with Crippen LogP contribution in [0.5, 0.6) is 5.88 Å². The van der Waals surface area contributed by atoms with Gasteiger partial charge in [-0.3, -0.25) is 4.79 Å². The largest absolute Gasteiger partial charge is 0.476 e. The Morgan fingerprint density at radius 2 is 2.05 bits per heavy atom. The summed E-state index contributed by atoms with van der Waals surface area (Å²) in [6.45, 7) is 4.38. The van der Waals surface area contributed by atoms with Gasteiger partial charge in [0.25, 0.3) is 0 Å². The predicted molar refractivity (Wildman–Crippen MR) is 86.6 cm³/mol. The number of fused-ring (bicyclic) bond motifs is 1. The molecule has 0 fully saturated rings. The van der Waals surface area contributed by atoms with E-state index in [1.165, 1.54) is 0 Å². The highest BCUT2D eigenvalue weighted by Crippen LogP contribution is 2.21. The molecular formula is C14H19N5O2S. The number of anilines is 1. The number of carbonyl (C=O) groups is 1. The second kappa shape index (κ2) is 7.26. The predicted octanol–water partition coefficient (Wildman–Crippen LogP) is 2.83. The number of nitrogens with one attached hydrogen (secondary N) is 1. The molecule has 2 heterocycles. The molecular weight excluding hydrogens is 302 g/mol. The first-order valence-corrected chi connectivity index (χ1v) is 7.71. The van der Waals surface area contributed by atoms with E-state index in [0.717, 1.165) is 19.3 Å². The maximum atomic E-state index is 11.9. The van der Waals surface area contributed by atoms with Crippen LogP contribution in [0.25, 0.3) is 11.2 Å². The Bertz CT molecular complexity index is 744. The average Bonchev–Trinajstić information content (AvgIpc) is 2.49. The summed E-state index contributed by atoms with van der Waals surface area (Å²) in [6, 6.07) is 0. The van der Waals surface area contributed by atoms with Crippen molar-refractivity contribution in [1.29, 1.82) is 0 Å². The van der Waals surface area contributed by atoms with Crippen molar-refractivity contribution in [3.63, 3.8) is 0 Å². The molecule has 0 unspecified atom stereocenters. The van der Waals surface area contributed by atoms with E-state index in [4.69, 9.17) is 22.7 Å². The minimum Gasteiger partial charge on any atom is -0.476 e. The van der Waals surface area contributed by atoms with Crippen molar-refractivity contribution < 1.29 is 9.53 Å². The number of nitrogens with zero attached hydrogens (tertiary/aromatic N) is 3. The van der Waals surface area contributed by atoms with Crippen LogP contribution in [0.15, 0.2) is 0 Å². The monoisotopic (exact) mass is 321 g/mol. The summed E-state index contributed by atoms with van der Waals surface area (Å²) in [6.07, 6.45) is 3.38. The molecule has 0 amide bonds. The Kier molecular flexibility index (Phi) is 5.37. The number of aromatic amines is 1. The first-order valence-electron chi connectivity index (χ1n) is 7.30.